The summed E-state index contributed by atoms with van der Waals surface area (Å²) in [5, 5.41) is 26.8. The molecule has 4 unspecified atom stereocenters. The van der Waals surface area contributed by atoms with Gasteiger partial charge in [-0.1, -0.05) is 13.8 Å². The zero-order valence-electron chi connectivity index (χ0n) is 22.5. The molecule has 0 aromatic carbocycles. The number of carbonyl (C=O) groups excluding carboxylic acids is 2. The molecule has 0 bridgehead atoms. The first-order chi connectivity index (χ1) is 17.7. The van der Waals surface area contributed by atoms with Crippen molar-refractivity contribution in [2.24, 2.45) is 5.92 Å². The molecule has 1 aromatic rings. The van der Waals surface area contributed by atoms with Crippen LogP contribution in [0.1, 0.15) is 41.0 Å². The number of nitrogens with one attached hydrogen (secondary N) is 3. The zero-order chi connectivity index (χ0) is 29.1. The Morgan fingerprint density at radius 3 is 2.37 bits per heavy atom. The molecule has 0 aliphatic rings. The van der Waals surface area contributed by atoms with Crippen LogP contribution in [0.4, 0.5) is 0 Å². The molecule has 0 saturated heterocycles. The standard InChI is InChI=1S/C22H39N4O11P/c1-7-35-18(28)12-23-38(33,25-15(11-14(3)4)20(30)36-8-2)37-13-16(34-6)19(29)22(5,32)26-10-9-17(27)24-21(26)31/h9-10,14-16,19,29,32H,7-8,11-13H2,1-6H3,(H2,23,25,33)(H,24,27,31)/t15-,16?,19?,22?,38?/m0/s1. The molecule has 0 fully saturated rings. The first-order valence-corrected chi connectivity index (χ1v) is 13.7. The topological polar surface area (TPSA) is 208 Å². The summed E-state index contributed by atoms with van der Waals surface area (Å²) in [6, 6.07) is -0.105. The Labute approximate surface area is 220 Å². The number of hydrogen-bond donors (Lipinski definition) is 5. The molecule has 218 valence electrons. The molecule has 0 amide bonds. The van der Waals surface area contributed by atoms with Gasteiger partial charge in [0.05, 0.1) is 19.8 Å². The van der Waals surface area contributed by atoms with E-state index in [0.29, 0.717) is 4.57 Å². The molecule has 0 radical (unpaired) electrons. The lowest BCUT2D eigenvalue weighted by Crippen LogP contribution is -2.55. The van der Waals surface area contributed by atoms with Crippen molar-refractivity contribution in [2.45, 2.75) is 65.0 Å². The van der Waals surface area contributed by atoms with E-state index in [-0.39, 0.29) is 25.6 Å². The molecule has 38 heavy (non-hydrogen) atoms. The predicted octanol–water partition coefficient (Wildman–Crippen LogP) is -0.578. The fourth-order valence-corrected chi connectivity index (χ4v) is 4.94. The van der Waals surface area contributed by atoms with E-state index in [1.807, 2.05) is 18.8 Å². The van der Waals surface area contributed by atoms with E-state index in [9.17, 15) is 34.0 Å². The molecule has 1 rings (SSSR count). The van der Waals surface area contributed by atoms with Gasteiger partial charge in [-0.2, -0.15) is 0 Å². The minimum absolute atomic E-state index is 0.0188. The van der Waals surface area contributed by atoms with E-state index < -0.39 is 68.0 Å². The van der Waals surface area contributed by atoms with Crippen molar-refractivity contribution < 1.29 is 43.1 Å². The van der Waals surface area contributed by atoms with Gasteiger partial charge in [-0.25, -0.2) is 15.0 Å². The SMILES string of the molecule is CCOC(=O)CNP(=O)(N[C@@H](CC(C)C)C(=O)OCC)OCC(OC)C(O)C(C)(O)n1ccc(=O)[nH]c1=O. The van der Waals surface area contributed by atoms with Gasteiger partial charge in [-0.15, -0.1) is 0 Å². The van der Waals surface area contributed by atoms with E-state index in [2.05, 4.69) is 10.2 Å². The molecule has 0 aliphatic carbocycles. The van der Waals surface area contributed by atoms with Gasteiger partial charge in [0.25, 0.3) is 5.56 Å². The van der Waals surface area contributed by atoms with Crippen LogP contribution < -0.4 is 21.4 Å². The van der Waals surface area contributed by atoms with Crippen LogP contribution in [0.15, 0.2) is 21.9 Å². The normalized spacial score (nSPS) is 17.2. The number of ether oxygens (including phenoxy) is 3. The third-order valence-corrected chi connectivity index (χ3v) is 7.03. The van der Waals surface area contributed by atoms with E-state index in [0.717, 1.165) is 19.2 Å². The second kappa shape index (κ2) is 15.3. The summed E-state index contributed by atoms with van der Waals surface area (Å²) in [7, 11) is -3.05. The average molecular weight is 567 g/mol. The summed E-state index contributed by atoms with van der Waals surface area (Å²) in [5.74, 6) is -1.44. The molecule has 5 N–H and O–H groups in total. The quantitative estimate of drug-likeness (QED) is 0.118. The number of aromatic nitrogens is 2. The van der Waals surface area contributed by atoms with Gasteiger partial charge in [0.15, 0.2) is 5.72 Å². The van der Waals surface area contributed by atoms with Crippen molar-refractivity contribution in [3.8, 4) is 0 Å². The second-order valence-electron chi connectivity index (χ2n) is 8.84. The van der Waals surface area contributed by atoms with Crippen LogP contribution in [0.5, 0.6) is 0 Å². The maximum absolute atomic E-state index is 13.7. The first-order valence-electron chi connectivity index (χ1n) is 12.1. The number of H-pyrrole nitrogens is 1. The Hall–Kier alpha value is -2.39. The van der Waals surface area contributed by atoms with E-state index in [4.69, 9.17) is 18.7 Å². The highest BCUT2D eigenvalue weighted by Crippen LogP contribution is 2.39. The molecule has 1 heterocycles. The first kappa shape index (κ1) is 33.6. The lowest BCUT2D eigenvalue weighted by Gasteiger charge is -2.35. The summed E-state index contributed by atoms with van der Waals surface area (Å²) in [6.45, 7) is 6.96. The monoisotopic (exact) mass is 566 g/mol. The summed E-state index contributed by atoms with van der Waals surface area (Å²) in [4.78, 5) is 49.9. The van der Waals surface area contributed by atoms with Crippen LogP contribution in [0, 0.1) is 5.92 Å². The molecule has 5 atom stereocenters. The van der Waals surface area contributed by atoms with Crippen molar-refractivity contribution in [1.29, 1.82) is 0 Å². The minimum Gasteiger partial charge on any atom is -0.465 e. The van der Waals surface area contributed by atoms with Gasteiger partial charge in [0, 0.05) is 19.4 Å². The predicted molar refractivity (Wildman–Crippen MR) is 135 cm³/mol. The third kappa shape index (κ3) is 10.1. The number of aliphatic hydroxyl groups is 2. The Balaban J connectivity index is 3.21. The second-order valence-corrected chi connectivity index (χ2v) is 10.8. The number of esters is 2. The van der Waals surface area contributed by atoms with Gasteiger partial charge >= 0.3 is 25.3 Å². The van der Waals surface area contributed by atoms with Gasteiger partial charge in [-0.05, 0) is 33.1 Å². The van der Waals surface area contributed by atoms with Crippen molar-refractivity contribution in [3.05, 3.63) is 33.1 Å². The number of hydrogen-bond acceptors (Lipinski definition) is 11. The molecule has 1 aromatic heterocycles. The van der Waals surface area contributed by atoms with E-state index in [1.54, 1.807) is 13.8 Å². The van der Waals surface area contributed by atoms with Crippen molar-refractivity contribution in [2.75, 3.05) is 33.5 Å². The van der Waals surface area contributed by atoms with Crippen LogP contribution in [0.3, 0.4) is 0 Å². The third-order valence-electron chi connectivity index (χ3n) is 5.29. The molecule has 0 saturated carbocycles. The number of aliphatic hydroxyl groups excluding tert-OH is 1. The van der Waals surface area contributed by atoms with Crippen LogP contribution in [0.2, 0.25) is 0 Å². The fraction of sp³-hybridized carbons (Fsp3) is 0.727. The van der Waals surface area contributed by atoms with Gasteiger partial charge in [0.1, 0.15) is 24.8 Å². The van der Waals surface area contributed by atoms with Crippen LogP contribution >= 0.6 is 7.67 Å². The van der Waals surface area contributed by atoms with Crippen LogP contribution in [0.25, 0.3) is 0 Å². The lowest BCUT2D eigenvalue weighted by atomic mass is 10.0. The highest BCUT2D eigenvalue weighted by atomic mass is 31.2. The summed E-state index contributed by atoms with van der Waals surface area (Å²) in [6.07, 6.45) is -2.02. The molecule has 15 nitrogen and oxygen atoms in total. The highest BCUT2D eigenvalue weighted by molar-refractivity contribution is 7.54. The Morgan fingerprint density at radius 1 is 1.21 bits per heavy atom. The maximum Gasteiger partial charge on any atom is 0.342 e. The number of aromatic amines is 1. The van der Waals surface area contributed by atoms with Gasteiger partial charge < -0.3 is 28.9 Å². The van der Waals surface area contributed by atoms with Crippen LogP contribution in [-0.2, 0) is 38.6 Å². The average Bonchev–Trinajstić information content (AvgIpc) is 2.82. The van der Waals surface area contributed by atoms with Crippen LogP contribution in [-0.4, -0.2) is 83.4 Å². The minimum atomic E-state index is -4.22. The lowest BCUT2D eigenvalue weighted by molar-refractivity contribution is -0.176. The summed E-state index contributed by atoms with van der Waals surface area (Å²) >= 11 is 0. The molecule has 0 spiro atoms. The maximum atomic E-state index is 13.7. The van der Waals surface area contributed by atoms with E-state index in [1.165, 1.54) is 7.11 Å². The van der Waals surface area contributed by atoms with Crippen molar-refractivity contribution in [1.82, 2.24) is 19.7 Å². The zero-order valence-corrected chi connectivity index (χ0v) is 23.4. The number of carbonyl (C=O) groups is 2. The van der Waals surface area contributed by atoms with Gasteiger partial charge in [-0.3, -0.25) is 28.5 Å². The molecular formula is C22H39N4O11P. The largest absolute Gasteiger partial charge is 0.465 e. The molecular weight excluding hydrogens is 527 g/mol. The Bertz CT molecular complexity index is 1070. The van der Waals surface area contributed by atoms with E-state index >= 15 is 0 Å². The number of rotatable bonds is 17. The summed E-state index contributed by atoms with van der Waals surface area (Å²) in [5.41, 5.74) is -4.00. The molecule has 16 heteroatoms. The Kier molecular flexibility index (Phi) is 13.5. The summed E-state index contributed by atoms with van der Waals surface area (Å²) < 4.78 is 35.0. The van der Waals surface area contributed by atoms with Crippen molar-refractivity contribution in [3.63, 3.8) is 0 Å². The molecule has 0 aliphatic heterocycles. The Morgan fingerprint density at radius 2 is 1.84 bits per heavy atom. The fourth-order valence-electron chi connectivity index (χ4n) is 3.37. The van der Waals surface area contributed by atoms with Gasteiger partial charge in [0.2, 0.25) is 0 Å². The van der Waals surface area contributed by atoms with Crippen molar-refractivity contribution >= 4 is 19.6 Å². The highest BCUT2D eigenvalue weighted by Gasteiger charge is 2.41. The number of nitrogens with zero attached hydrogens (tertiary/aromatic N) is 1. The smallest absolute Gasteiger partial charge is 0.342 e. The number of methoxy groups -OCH3 is 1.